The van der Waals surface area contributed by atoms with Crippen LogP contribution in [0.25, 0.3) is 10.9 Å². The van der Waals surface area contributed by atoms with Crippen molar-refractivity contribution in [2.45, 2.75) is 6.42 Å². The van der Waals surface area contributed by atoms with Gasteiger partial charge in [0.05, 0.1) is 18.5 Å². The molecule has 1 aliphatic heterocycles. The number of ether oxygens (including phenoxy) is 1. The van der Waals surface area contributed by atoms with Crippen LogP contribution in [-0.4, -0.2) is 56.2 Å². The van der Waals surface area contributed by atoms with Crippen LogP contribution >= 0.6 is 0 Å². The molecule has 0 radical (unpaired) electrons. The highest BCUT2D eigenvalue weighted by Crippen LogP contribution is 2.27. The quantitative estimate of drug-likeness (QED) is 0.911. The Hall–Kier alpha value is -1.85. The third-order valence-electron chi connectivity index (χ3n) is 4.29. The average molecular weight is 301 g/mol. The number of likely N-dealkylation sites (N-methyl/N-ethyl adjacent to an activating group) is 1. The zero-order valence-corrected chi connectivity index (χ0v) is 13.4. The zero-order valence-electron chi connectivity index (χ0n) is 13.4. The molecule has 0 aliphatic carbocycles. The van der Waals surface area contributed by atoms with Crippen LogP contribution in [0.1, 0.15) is 10.4 Å². The Bertz CT molecular complexity index is 687. The number of benzene rings is 1. The van der Waals surface area contributed by atoms with Gasteiger partial charge in [0.25, 0.3) is 0 Å². The minimum absolute atomic E-state index is 0.0866. The van der Waals surface area contributed by atoms with E-state index in [1.165, 1.54) is 5.56 Å². The Balaban J connectivity index is 2.02. The van der Waals surface area contributed by atoms with E-state index in [0.29, 0.717) is 0 Å². The fourth-order valence-corrected chi connectivity index (χ4v) is 2.79. The van der Waals surface area contributed by atoms with E-state index in [0.717, 1.165) is 42.7 Å². The summed E-state index contributed by atoms with van der Waals surface area (Å²) in [6, 6.07) is 5.97. The zero-order chi connectivity index (χ0) is 15.7. The van der Waals surface area contributed by atoms with E-state index in [2.05, 4.69) is 30.4 Å². The SMILES string of the molecule is COc1ccc2c(CCN(C)C)cn(C(=O)C3CNC3)c2c1. The number of nitrogens with zero attached hydrogens (tertiary/aromatic N) is 2. The number of carbonyl (C=O) groups excluding carboxylic acids is 1. The van der Waals surface area contributed by atoms with Crippen LogP contribution in [0.4, 0.5) is 0 Å². The number of fused-ring (bicyclic) bond motifs is 1. The number of carbonyl (C=O) groups is 1. The van der Waals surface area contributed by atoms with Gasteiger partial charge in [-0.25, -0.2) is 0 Å². The third kappa shape index (κ3) is 2.74. The molecule has 0 amide bonds. The Labute approximate surface area is 130 Å². The number of methoxy groups -OCH3 is 1. The lowest BCUT2D eigenvalue weighted by Gasteiger charge is -2.26. The molecule has 0 bridgehead atoms. The number of hydrogen-bond donors (Lipinski definition) is 1. The van der Waals surface area contributed by atoms with E-state index in [-0.39, 0.29) is 11.8 Å². The molecule has 1 aliphatic rings. The second-order valence-electron chi connectivity index (χ2n) is 6.15. The highest BCUT2D eigenvalue weighted by molar-refractivity contribution is 5.96. The molecular weight excluding hydrogens is 278 g/mol. The van der Waals surface area contributed by atoms with Gasteiger partial charge in [-0.05, 0) is 38.2 Å². The molecule has 1 saturated heterocycles. The third-order valence-corrected chi connectivity index (χ3v) is 4.29. The summed E-state index contributed by atoms with van der Waals surface area (Å²) < 4.78 is 7.13. The van der Waals surface area contributed by atoms with Crippen molar-refractivity contribution in [3.8, 4) is 5.75 Å². The van der Waals surface area contributed by atoms with Crippen molar-refractivity contribution in [2.24, 2.45) is 5.92 Å². The van der Waals surface area contributed by atoms with Gasteiger partial charge in [-0.2, -0.15) is 0 Å². The van der Waals surface area contributed by atoms with Crippen LogP contribution < -0.4 is 10.1 Å². The number of nitrogens with one attached hydrogen (secondary N) is 1. The standard InChI is InChI=1S/C17H23N3O2/c1-19(2)7-6-12-11-20(17(21)13-9-18-10-13)16-8-14(22-3)4-5-15(12)16/h4-5,8,11,13,18H,6-7,9-10H2,1-3H3. The number of hydrogen-bond acceptors (Lipinski definition) is 4. The Morgan fingerprint density at radius 3 is 2.77 bits per heavy atom. The summed E-state index contributed by atoms with van der Waals surface area (Å²) in [6.07, 6.45) is 2.94. The molecule has 0 spiro atoms. The highest BCUT2D eigenvalue weighted by Gasteiger charge is 2.27. The van der Waals surface area contributed by atoms with Crippen LogP contribution in [0.15, 0.2) is 24.4 Å². The maximum atomic E-state index is 12.7. The van der Waals surface area contributed by atoms with E-state index in [9.17, 15) is 4.79 Å². The van der Waals surface area contributed by atoms with Crippen molar-refractivity contribution < 1.29 is 9.53 Å². The molecule has 2 aromatic rings. The van der Waals surface area contributed by atoms with Gasteiger partial charge in [0.2, 0.25) is 5.91 Å². The Kier molecular flexibility index (Phi) is 4.18. The van der Waals surface area contributed by atoms with Gasteiger partial charge >= 0.3 is 0 Å². The molecule has 3 rings (SSSR count). The lowest BCUT2D eigenvalue weighted by Crippen LogP contribution is -2.48. The molecule has 1 fully saturated rings. The topological polar surface area (TPSA) is 46.5 Å². The van der Waals surface area contributed by atoms with Crippen LogP contribution in [0.2, 0.25) is 0 Å². The van der Waals surface area contributed by atoms with E-state index >= 15 is 0 Å². The molecule has 1 aromatic heterocycles. The summed E-state index contributed by atoms with van der Waals surface area (Å²) in [6.45, 7) is 2.51. The van der Waals surface area contributed by atoms with Gasteiger partial charge < -0.3 is 15.0 Å². The minimum atomic E-state index is 0.0866. The summed E-state index contributed by atoms with van der Waals surface area (Å²) in [5, 5.41) is 4.31. The molecule has 1 N–H and O–H groups in total. The first kappa shape index (κ1) is 15.1. The normalized spacial score (nSPS) is 15.3. The van der Waals surface area contributed by atoms with Crippen molar-refractivity contribution in [2.75, 3.05) is 40.8 Å². The van der Waals surface area contributed by atoms with Crippen molar-refractivity contribution in [1.29, 1.82) is 0 Å². The number of rotatable bonds is 5. The Morgan fingerprint density at radius 2 is 2.18 bits per heavy atom. The predicted octanol–water partition coefficient (Wildman–Crippen LogP) is 1.61. The minimum Gasteiger partial charge on any atom is -0.497 e. The fourth-order valence-electron chi connectivity index (χ4n) is 2.79. The molecule has 5 nitrogen and oxygen atoms in total. The van der Waals surface area contributed by atoms with Gasteiger partial charge in [0.15, 0.2) is 0 Å². The van der Waals surface area contributed by atoms with Crippen LogP contribution in [-0.2, 0) is 6.42 Å². The first-order chi connectivity index (χ1) is 10.6. The van der Waals surface area contributed by atoms with Gasteiger partial charge in [0, 0.05) is 37.3 Å². The first-order valence-electron chi connectivity index (χ1n) is 7.68. The summed E-state index contributed by atoms with van der Waals surface area (Å²) in [5.41, 5.74) is 2.16. The van der Waals surface area contributed by atoms with Crippen molar-refractivity contribution in [1.82, 2.24) is 14.8 Å². The summed E-state index contributed by atoms with van der Waals surface area (Å²) in [7, 11) is 5.78. The molecule has 1 aromatic carbocycles. The molecule has 2 heterocycles. The lowest BCUT2D eigenvalue weighted by atomic mass is 10.0. The van der Waals surface area contributed by atoms with E-state index in [4.69, 9.17) is 4.74 Å². The van der Waals surface area contributed by atoms with E-state index in [1.807, 2.05) is 22.9 Å². The second-order valence-corrected chi connectivity index (χ2v) is 6.15. The molecule has 0 saturated carbocycles. The van der Waals surface area contributed by atoms with E-state index < -0.39 is 0 Å². The van der Waals surface area contributed by atoms with Crippen molar-refractivity contribution in [3.63, 3.8) is 0 Å². The van der Waals surface area contributed by atoms with Gasteiger partial charge in [-0.3, -0.25) is 9.36 Å². The smallest absolute Gasteiger partial charge is 0.236 e. The largest absolute Gasteiger partial charge is 0.497 e. The summed E-state index contributed by atoms with van der Waals surface area (Å²) in [4.78, 5) is 14.8. The van der Waals surface area contributed by atoms with Crippen molar-refractivity contribution >= 4 is 16.8 Å². The monoisotopic (exact) mass is 301 g/mol. The molecular formula is C17H23N3O2. The molecule has 5 heteroatoms. The molecule has 22 heavy (non-hydrogen) atoms. The predicted molar refractivity (Wildman–Crippen MR) is 87.7 cm³/mol. The first-order valence-corrected chi connectivity index (χ1v) is 7.68. The van der Waals surface area contributed by atoms with Crippen molar-refractivity contribution in [3.05, 3.63) is 30.0 Å². The fraction of sp³-hybridized carbons (Fsp3) is 0.471. The van der Waals surface area contributed by atoms with Gasteiger partial charge in [0.1, 0.15) is 5.75 Å². The van der Waals surface area contributed by atoms with Crippen LogP contribution in [0.3, 0.4) is 0 Å². The second kappa shape index (κ2) is 6.10. The average Bonchev–Trinajstić information content (AvgIpc) is 2.81. The van der Waals surface area contributed by atoms with Gasteiger partial charge in [-0.1, -0.05) is 0 Å². The number of aromatic nitrogens is 1. The summed E-state index contributed by atoms with van der Waals surface area (Å²) >= 11 is 0. The molecule has 118 valence electrons. The molecule has 0 atom stereocenters. The van der Waals surface area contributed by atoms with Gasteiger partial charge in [-0.15, -0.1) is 0 Å². The van der Waals surface area contributed by atoms with Crippen LogP contribution in [0.5, 0.6) is 5.75 Å². The Morgan fingerprint density at radius 1 is 1.41 bits per heavy atom. The lowest BCUT2D eigenvalue weighted by molar-refractivity contribution is 0.0795. The maximum Gasteiger partial charge on any atom is 0.236 e. The summed E-state index contributed by atoms with van der Waals surface area (Å²) in [5.74, 6) is 1.04. The highest BCUT2D eigenvalue weighted by atomic mass is 16.5. The molecule has 0 unspecified atom stereocenters. The maximum absolute atomic E-state index is 12.7. The van der Waals surface area contributed by atoms with E-state index in [1.54, 1.807) is 7.11 Å². The van der Waals surface area contributed by atoms with Crippen LogP contribution in [0, 0.1) is 5.92 Å².